The number of hydrogen-bond donors (Lipinski definition) is 0. The topological polar surface area (TPSA) is 54.5 Å². The summed E-state index contributed by atoms with van der Waals surface area (Å²) >= 11 is 3.27. The molecule has 1 saturated heterocycles. The molecular formula is C16H14BrNO3S. The molecule has 0 bridgehead atoms. The van der Waals surface area contributed by atoms with Crippen molar-refractivity contribution in [3.63, 3.8) is 0 Å². The molecule has 0 spiro atoms. The number of sulfonamides is 1. The first-order chi connectivity index (χ1) is 10.5. The van der Waals surface area contributed by atoms with Gasteiger partial charge in [-0.1, -0.05) is 46.3 Å². The van der Waals surface area contributed by atoms with E-state index in [1.807, 2.05) is 30.3 Å². The lowest BCUT2D eigenvalue weighted by molar-refractivity contribution is -0.123. The van der Waals surface area contributed by atoms with Crippen LogP contribution >= 0.6 is 15.9 Å². The SMILES string of the molecule is O=C1C[C@H](c2ccccc2)CN1S(=O)(=O)c1ccc(Br)cc1. The van der Waals surface area contributed by atoms with Crippen molar-refractivity contribution in [3.05, 3.63) is 64.6 Å². The van der Waals surface area contributed by atoms with Gasteiger partial charge in [-0.2, -0.15) is 0 Å². The molecule has 114 valence electrons. The first-order valence-corrected chi connectivity index (χ1v) is 9.08. The van der Waals surface area contributed by atoms with E-state index in [0.717, 1.165) is 14.3 Å². The number of carbonyl (C=O) groups is 1. The quantitative estimate of drug-likeness (QED) is 0.822. The molecule has 0 radical (unpaired) electrons. The van der Waals surface area contributed by atoms with Crippen molar-refractivity contribution in [2.45, 2.75) is 17.2 Å². The number of rotatable bonds is 3. The van der Waals surface area contributed by atoms with Gasteiger partial charge in [0.2, 0.25) is 5.91 Å². The van der Waals surface area contributed by atoms with E-state index in [4.69, 9.17) is 0 Å². The van der Waals surface area contributed by atoms with Crippen LogP contribution in [0.3, 0.4) is 0 Å². The summed E-state index contributed by atoms with van der Waals surface area (Å²) in [7, 11) is -3.78. The minimum atomic E-state index is -3.78. The number of carbonyl (C=O) groups excluding carboxylic acids is 1. The van der Waals surface area contributed by atoms with Gasteiger partial charge in [0.05, 0.1) is 4.90 Å². The van der Waals surface area contributed by atoms with Gasteiger partial charge in [0.15, 0.2) is 0 Å². The molecule has 0 aromatic heterocycles. The van der Waals surface area contributed by atoms with Crippen molar-refractivity contribution in [2.24, 2.45) is 0 Å². The second-order valence-electron chi connectivity index (χ2n) is 5.20. The molecule has 0 saturated carbocycles. The molecule has 0 aliphatic carbocycles. The zero-order valence-electron chi connectivity index (χ0n) is 11.6. The van der Waals surface area contributed by atoms with Crippen molar-refractivity contribution in [3.8, 4) is 0 Å². The largest absolute Gasteiger partial charge is 0.274 e. The fourth-order valence-corrected chi connectivity index (χ4v) is 4.31. The maximum atomic E-state index is 12.6. The predicted molar refractivity (Wildman–Crippen MR) is 86.8 cm³/mol. The van der Waals surface area contributed by atoms with E-state index in [2.05, 4.69) is 15.9 Å². The minimum Gasteiger partial charge on any atom is -0.274 e. The van der Waals surface area contributed by atoms with Crippen LogP contribution in [-0.2, 0) is 14.8 Å². The highest BCUT2D eigenvalue weighted by atomic mass is 79.9. The van der Waals surface area contributed by atoms with Gasteiger partial charge in [-0.05, 0) is 29.8 Å². The Hall–Kier alpha value is -1.66. The molecule has 1 aliphatic heterocycles. The fraction of sp³-hybridized carbons (Fsp3) is 0.188. The lowest BCUT2D eigenvalue weighted by Gasteiger charge is -2.17. The van der Waals surface area contributed by atoms with Gasteiger partial charge >= 0.3 is 0 Å². The highest BCUT2D eigenvalue weighted by molar-refractivity contribution is 9.10. The molecule has 6 heteroatoms. The van der Waals surface area contributed by atoms with Gasteiger partial charge in [0, 0.05) is 23.4 Å². The highest BCUT2D eigenvalue weighted by Crippen LogP contribution is 2.32. The van der Waals surface area contributed by atoms with Gasteiger partial charge in [0.1, 0.15) is 0 Å². The van der Waals surface area contributed by atoms with Crippen molar-refractivity contribution >= 4 is 31.9 Å². The van der Waals surface area contributed by atoms with Crippen LogP contribution in [0.25, 0.3) is 0 Å². The van der Waals surface area contributed by atoms with Gasteiger partial charge in [-0.15, -0.1) is 0 Å². The summed E-state index contributed by atoms with van der Waals surface area (Å²) in [5.74, 6) is -0.435. The number of amides is 1. The normalized spacial score (nSPS) is 18.7. The first kappa shape index (κ1) is 15.2. The zero-order valence-corrected chi connectivity index (χ0v) is 14.0. The molecular weight excluding hydrogens is 366 g/mol. The Morgan fingerprint density at radius 3 is 2.27 bits per heavy atom. The van der Waals surface area contributed by atoms with E-state index >= 15 is 0 Å². The van der Waals surface area contributed by atoms with Crippen LogP contribution in [0.2, 0.25) is 0 Å². The Bertz CT molecular complexity index is 788. The molecule has 22 heavy (non-hydrogen) atoms. The first-order valence-electron chi connectivity index (χ1n) is 6.84. The molecule has 0 N–H and O–H groups in total. The Kier molecular flexibility index (Phi) is 4.06. The molecule has 1 heterocycles. The van der Waals surface area contributed by atoms with Crippen LogP contribution in [0, 0.1) is 0 Å². The maximum Gasteiger partial charge on any atom is 0.266 e. The van der Waals surface area contributed by atoms with Crippen LogP contribution < -0.4 is 0 Å². The summed E-state index contributed by atoms with van der Waals surface area (Å²) in [5.41, 5.74) is 0.990. The second kappa shape index (κ2) is 5.85. The molecule has 3 rings (SSSR count). The smallest absolute Gasteiger partial charge is 0.266 e. The van der Waals surface area contributed by atoms with Crippen LogP contribution in [-0.4, -0.2) is 25.2 Å². The Labute approximate surface area is 137 Å². The molecule has 4 nitrogen and oxygen atoms in total. The van der Waals surface area contributed by atoms with Crippen LogP contribution in [0.4, 0.5) is 0 Å². The molecule has 2 aromatic carbocycles. The van der Waals surface area contributed by atoms with Crippen LogP contribution in [0.15, 0.2) is 64.0 Å². The van der Waals surface area contributed by atoms with E-state index in [-0.39, 0.29) is 29.7 Å². The molecule has 1 aliphatic rings. The Morgan fingerprint density at radius 2 is 1.64 bits per heavy atom. The van der Waals surface area contributed by atoms with Gasteiger partial charge in [-0.3, -0.25) is 4.79 Å². The van der Waals surface area contributed by atoms with Crippen molar-refractivity contribution in [1.82, 2.24) is 4.31 Å². The van der Waals surface area contributed by atoms with Crippen LogP contribution in [0.1, 0.15) is 17.9 Å². The average Bonchev–Trinajstić information content (AvgIpc) is 2.91. The third kappa shape index (κ3) is 2.80. The Balaban J connectivity index is 1.89. The van der Waals surface area contributed by atoms with Gasteiger partial charge in [-0.25, -0.2) is 12.7 Å². The molecule has 1 amide bonds. The third-order valence-corrected chi connectivity index (χ3v) is 6.09. The van der Waals surface area contributed by atoms with Crippen molar-refractivity contribution in [2.75, 3.05) is 6.54 Å². The number of hydrogen-bond acceptors (Lipinski definition) is 3. The van der Waals surface area contributed by atoms with Crippen molar-refractivity contribution in [1.29, 1.82) is 0 Å². The minimum absolute atomic E-state index is 0.0843. The summed E-state index contributed by atoms with van der Waals surface area (Å²) < 4.78 is 27.0. The highest BCUT2D eigenvalue weighted by Gasteiger charge is 2.38. The monoisotopic (exact) mass is 379 g/mol. The van der Waals surface area contributed by atoms with E-state index < -0.39 is 10.0 Å². The summed E-state index contributed by atoms with van der Waals surface area (Å²) in [6, 6.07) is 15.9. The number of benzene rings is 2. The van der Waals surface area contributed by atoms with E-state index in [9.17, 15) is 13.2 Å². The van der Waals surface area contributed by atoms with E-state index in [0.29, 0.717) is 0 Å². The molecule has 2 aromatic rings. The second-order valence-corrected chi connectivity index (χ2v) is 7.97. The lowest BCUT2D eigenvalue weighted by atomic mass is 9.99. The van der Waals surface area contributed by atoms with Crippen molar-refractivity contribution < 1.29 is 13.2 Å². The summed E-state index contributed by atoms with van der Waals surface area (Å²) in [6.45, 7) is 0.196. The summed E-state index contributed by atoms with van der Waals surface area (Å²) in [5, 5.41) is 0. The summed E-state index contributed by atoms with van der Waals surface area (Å²) in [6.07, 6.45) is 0.222. The Morgan fingerprint density at radius 1 is 1.00 bits per heavy atom. The van der Waals surface area contributed by atoms with E-state index in [1.165, 1.54) is 12.1 Å². The molecule has 1 atom stereocenters. The zero-order chi connectivity index (χ0) is 15.7. The standard InChI is InChI=1S/C16H14BrNO3S/c17-14-6-8-15(9-7-14)22(20,21)18-11-13(10-16(18)19)12-4-2-1-3-5-12/h1-9,13H,10-11H2/t13-/m0/s1. The fourth-order valence-electron chi connectivity index (χ4n) is 2.59. The molecule has 0 unspecified atom stereocenters. The van der Waals surface area contributed by atoms with E-state index in [1.54, 1.807) is 12.1 Å². The van der Waals surface area contributed by atoms with Gasteiger partial charge in [0.25, 0.3) is 10.0 Å². The number of nitrogens with zero attached hydrogens (tertiary/aromatic N) is 1. The average molecular weight is 380 g/mol. The van der Waals surface area contributed by atoms with Gasteiger partial charge < -0.3 is 0 Å². The number of halogens is 1. The molecule has 1 fully saturated rings. The predicted octanol–water partition coefficient (Wildman–Crippen LogP) is 3.15. The third-order valence-electron chi connectivity index (χ3n) is 3.76. The van der Waals surface area contributed by atoms with Crippen LogP contribution in [0.5, 0.6) is 0 Å². The lowest BCUT2D eigenvalue weighted by Crippen LogP contribution is -2.32. The summed E-state index contributed by atoms with van der Waals surface area (Å²) in [4.78, 5) is 12.3. The maximum absolute atomic E-state index is 12.6.